The van der Waals surface area contributed by atoms with E-state index in [1.807, 2.05) is 60.8 Å². The average Bonchev–Trinajstić information content (AvgIpc) is 3.27. The van der Waals surface area contributed by atoms with E-state index >= 15 is 0 Å². The predicted molar refractivity (Wildman–Crippen MR) is 122 cm³/mol. The van der Waals surface area contributed by atoms with Crippen LogP contribution >= 0.6 is 0 Å². The second-order valence-corrected chi connectivity index (χ2v) is 7.38. The number of ether oxygens (including phenoxy) is 1. The smallest absolute Gasteiger partial charge is 0.220 e. The van der Waals surface area contributed by atoms with Crippen molar-refractivity contribution in [1.29, 1.82) is 0 Å². The molecule has 162 valence electrons. The third kappa shape index (κ3) is 5.03. The molecule has 0 saturated heterocycles. The molecular weight excluding hydrogens is 405 g/mol. The van der Waals surface area contributed by atoms with Crippen LogP contribution in [0.5, 0.6) is 5.75 Å². The molecule has 0 spiro atoms. The Kier molecular flexibility index (Phi) is 6.60. The summed E-state index contributed by atoms with van der Waals surface area (Å²) in [4.78, 5) is 12.5. The number of methoxy groups -OCH3 is 1. The molecule has 3 aromatic carbocycles. The van der Waals surface area contributed by atoms with Crippen LogP contribution in [0.15, 0.2) is 85.1 Å². The Morgan fingerprint density at radius 3 is 2.44 bits per heavy atom. The van der Waals surface area contributed by atoms with Gasteiger partial charge in [-0.1, -0.05) is 36.4 Å². The molecule has 0 bridgehead atoms. The minimum absolute atomic E-state index is 0.0616. The highest BCUT2D eigenvalue weighted by atomic mass is 19.1. The second-order valence-electron chi connectivity index (χ2n) is 7.38. The van der Waals surface area contributed by atoms with Crippen molar-refractivity contribution in [2.45, 2.75) is 19.4 Å². The maximum Gasteiger partial charge on any atom is 0.220 e. The van der Waals surface area contributed by atoms with Gasteiger partial charge in [-0.25, -0.2) is 9.07 Å². The van der Waals surface area contributed by atoms with E-state index in [1.54, 1.807) is 23.9 Å². The number of para-hydroxylation sites is 2. The third-order valence-corrected chi connectivity index (χ3v) is 5.22. The Bertz CT molecular complexity index is 1190. The Morgan fingerprint density at radius 1 is 0.969 bits per heavy atom. The van der Waals surface area contributed by atoms with E-state index in [4.69, 9.17) is 9.84 Å². The summed E-state index contributed by atoms with van der Waals surface area (Å²) in [5, 5.41) is 7.69. The molecular formula is C26H24FN3O2. The molecule has 1 amide bonds. The lowest BCUT2D eigenvalue weighted by molar-refractivity contribution is -0.121. The second kappa shape index (κ2) is 9.92. The Hall–Kier alpha value is -3.93. The predicted octanol–water partition coefficient (Wildman–Crippen LogP) is 4.94. The van der Waals surface area contributed by atoms with Gasteiger partial charge in [0.2, 0.25) is 5.91 Å². The third-order valence-electron chi connectivity index (χ3n) is 5.22. The highest BCUT2D eigenvalue weighted by molar-refractivity contribution is 5.76. The van der Waals surface area contributed by atoms with E-state index in [0.717, 1.165) is 28.1 Å². The number of carbonyl (C=O) groups is 1. The van der Waals surface area contributed by atoms with Gasteiger partial charge in [-0.05, 0) is 54.4 Å². The molecule has 0 unspecified atom stereocenters. The van der Waals surface area contributed by atoms with Gasteiger partial charge in [-0.3, -0.25) is 4.79 Å². The van der Waals surface area contributed by atoms with Crippen LogP contribution < -0.4 is 10.1 Å². The lowest BCUT2D eigenvalue weighted by Crippen LogP contribution is -2.23. The summed E-state index contributed by atoms with van der Waals surface area (Å²) >= 11 is 0. The molecule has 5 nitrogen and oxygen atoms in total. The van der Waals surface area contributed by atoms with Crippen LogP contribution in [0.2, 0.25) is 0 Å². The van der Waals surface area contributed by atoms with Crippen molar-refractivity contribution < 1.29 is 13.9 Å². The number of rotatable bonds is 8. The average molecular weight is 429 g/mol. The highest BCUT2D eigenvalue weighted by Gasteiger charge is 2.14. The van der Waals surface area contributed by atoms with Crippen molar-refractivity contribution in [2.24, 2.45) is 0 Å². The molecule has 4 aromatic rings. The van der Waals surface area contributed by atoms with Crippen molar-refractivity contribution in [3.05, 3.63) is 102 Å². The number of nitrogens with one attached hydrogen (secondary N) is 1. The van der Waals surface area contributed by atoms with Gasteiger partial charge in [0, 0.05) is 30.3 Å². The number of halogens is 1. The summed E-state index contributed by atoms with van der Waals surface area (Å²) in [6, 6.07) is 23.6. The summed E-state index contributed by atoms with van der Waals surface area (Å²) in [6.45, 7) is 0.324. The van der Waals surface area contributed by atoms with Gasteiger partial charge in [0.05, 0.1) is 18.5 Å². The first-order valence-electron chi connectivity index (χ1n) is 10.4. The van der Waals surface area contributed by atoms with Crippen LogP contribution in [0.1, 0.15) is 17.5 Å². The lowest BCUT2D eigenvalue weighted by Gasteiger charge is -2.09. The number of hydrogen-bond acceptors (Lipinski definition) is 3. The molecule has 0 aliphatic carbocycles. The Morgan fingerprint density at radius 2 is 1.69 bits per heavy atom. The van der Waals surface area contributed by atoms with E-state index in [-0.39, 0.29) is 11.7 Å². The summed E-state index contributed by atoms with van der Waals surface area (Å²) in [5.74, 6) is 0.416. The van der Waals surface area contributed by atoms with Crippen molar-refractivity contribution in [1.82, 2.24) is 15.1 Å². The number of nitrogens with zero attached hydrogens (tertiary/aromatic N) is 2. The molecule has 1 heterocycles. The molecule has 0 radical (unpaired) electrons. The van der Waals surface area contributed by atoms with Crippen LogP contribution in [0.25, 0.3) is 16.9 Å². The summed E-state index contributed by atoms with van der Waals surface area (Å²) in [7, 11) is 1.63. The number of hydrogen-bond donors (Lipinski definition) is 1. The fourth-order valence-corrected chi connectivity index (χ4v) is 3.54. The van der Waals surface area contributed by atoms with Crippen molar-refractivity contribution in [2.75, 3.05) is 7.11 Å². The number of carbonyl (C=O) groups excluding carboxylic acids is 1. The summed E-state index contributed by atoms with van der Waals surface area (Å²) in [5.41, 5.74) is 4.25. The number of amides is 1. The van der Waals surface area contributed by atoms with Gasteiger partial charge in [-0.15, -0.1) is 0 Å². The minimum atomic E-state index is -0.303. The van der Waals surface area contributed by atoms with Crippen LogP contribution in [0.3, 0.4) is 0 Å². The molecule has 0 aliphatic heterocycles. The highest BCUT2D eigenvalue weighted by Crippen LogP contribution is 2.24. The van der Waals surface area contributed by atoms with E-state index in [0.29, 0.717) is 25.1 Å². The van der Waals surface area contributed by atoms with Gasteiger partial charge in [-0.2, -0.15) is 5.10 Å². The fourth-order valence-electron chi connectivity index (χ4n) is 3.54. The van der Waals surface area contributed by atoms with Crippen molar-refractivity contribution in [3.8, 4) is 22.7 Å². The molecule has 4 rings (SSSR count). The molecule has 0 atom stereocenters. The Balaban J connectivity index is 1.50. The first kappa shape index (κ1) is 21.3. The molecule has 1 aromatic heterocycles. The lowest BCUT2D eigenvalue weighted by atomic mass is 10.1. The molecule has 0 saturated carbocycles. The van der Waals surface area contributed by atoms with E-state index < -0.39 is 0 Å². The maximum atomic E-state index is 13.4. The van der Waals surface area contributed by atoms with E-state index in [1.165, 1.54) is 12.1 Å². The maximum absolute atomic E-state index is 13.4. The van der Waals surface area contributed by atoms with Gasteiger partial charge in [0.1, 0.15) is 11.6 Å². The quantitative estimate of drug-likeness (QED) is 0.432. The fraction of sp³-hybridized carbons (Fsp3) is 0.154. The largest absolute Gasteiger partial charge is 0.496 e. The zero-order chi connectivity index (χ0) is 22.3. The number of aryl methyl sites for hydroxylation is 1. The van der Waals surface area contributed by atoms with Crippen LogP contribution in [-0.2, 0) is 17.8 Å². The van der Waals surface area contributed by atoms with Crippen LogP contribution in [-0.4, -0.2) is 22.8 Å². The summed E-state index contributed by atoms with van der Waals surface area (Å²) in [6.07, 6.45) is 2.83. The zero-order valence-corrected chi connectivity index (χ0v) is 17.8. The monoisotopic (exact) mass is 429 g/mol. The number of benzene rings is 3. The first-order chi connectivity index (χ1) is 15.6. The van der Waals surface area contributed by atoms with Gasteiger partial charge >= 0.3 is 0 Å². The van der Waals surface area contributed by atoms with Gasteiger partial charge < -0.3 is 10.1 Å². The zero-order valence-electron chi connectivity index (χ0n) is 17.8. The van der Waals surface area contributed by atoms with Crippen LogP contribution in [0.4, 0.5) is 4.39 Å². The SMILES string of the molecule is COc1ccccc1CCC(=O)NCc1cn(-c2ccccc2)nc1-c1ccc(F)cc1. The minimum Gasteiger partial charge on any atom is -0.496 e. The molecule has 6 heteroatoms. The molecule has 1 N–H and O–H groups in total. The molecule has 0 fully saturated rings. The number of aromatic nitrogens is 2. The van der Waals surface area contributed by atoms with Gasteiger partial charge in [0.25, 0.3) is 0 Å². The standard InChI is InChI=1S/C26H24FN3O2/c1-32-24-10-6-5-7-19(24)13-16-25(31)28-17-21-18-30(23-8-3-2-4-9-23)29-26(21)20-11-14-22(27)15-12-20/h2-12,14-15,18H,13,16-17H2,1H3,(H,28,31). The van der Waals surface area contributed by atoms with E-state index in [9.17, 15) is 9.18 Å². The van der Waals surface area contributed by atoms with Crippen LogP contribution in [0, 0.1) is 5.82 Å². The topological polar surface area (TPSA) is 56.1 Å². The Labute approximate surface area is 186 Å². The van der Waals surface area contributed by atoms with Gasteiger partial charge in [0.15, 0.2) is 0 Å². The van der Waals surface area contributed by atoms with E-state index in [2.05, 4.69) is 5.32 Å². The van der Waals surface area contributed by atoms with Crippen molar-refractivity contribution in [3.63, 3.8) is 0 Å². The summed E-state index contributed by atoms with van der Waals surface area (Å²) < 4.78 is 20.5. The first-order valence-corrected chi connectivity index (χ1v) is 10.4. The normalized spacial score (nSPS) is 10.7. The molecule has 0 aliphatic rings. The molecule has 32 heavy (non-hydrogen) atoms. The van der Waals surface area contributed by atoms with Crippen molar-refractivity contribution >= 4 is 5.91 Å².